The number of rotatable bonds is 7. The second-order valence-corrected chi connectivity index (χ2v) is 10.4. The first kappa shape index (κ1) is 26.1. The summed E-state index contributed by atoms with van der Waals surface area (Å²) in [5, 5.41) is 18.1. The molecule has 6 aromatic rings. The van der Waals surface area contributed by atoms with Crippen molar-refractivity contribution < 1.29 is 9.50 Å². The maximum atomic E-state index is 14.2. The maximum Gasteiger partial charge on any atom is 0.283 e. The number of aromatic hydroxyl groups is 1. The Kier molecular flexibility index (Phi) is 6.86. The Bertz CT molecular complexity index is 1910. The van der Waals surface area contributed by atoms with Crippen molar-refractivity contribution in [3.8, 4) is 22.6 Å². The molecule has 3 aromatic carbocycles. The topological polar surface area (TPSA) is 123 Å². The van der Waals surface area contributed by atoms with Gasteiger partial charge in [0.25, 0.3) is 5.56 Å². The summed E-state index contributed by atoms with van der Waals surface area (Å²) in [6.07, 6.45) is 3.05. The molecule has 0 fully saturated rings. The molecule has 41 heavy (non-hydrogen) atoms. The molecule has 0 saturated heterocycles. The molecule has 9 nitrogen and oxygen atoms in total. The van der Waals surface area contributed by atoms with Crippen molar-refractivity contribution in [2.24, 2.45) is 0 Å². The van der Waals surface area contributed by atoms with Gasteiger partial charge in [-0.15, -0.1) is 0 Å². The predicted octanol–water partition coefficient (Wildman–Crippen LogP) is 5.69. The lowest BCUT2D eigenvalue weighted by Crippen LogP contribution is -2.29. The number of nitrogens with two attached hydrogens (primary N) is 1. The van der Waals surface area contributed by atoms with E-state index in [9.17, 15) is 14.3 Å². The molecule has 11 heteroatoms. The molecule has 0 aliphatic carbocycles. The van der Waals surface area contributed by atoms with Gasteiger partial charge in [0.1, 0.15) is 35.0 Å². The number of hydrogen-bond acceptors (Lipinski definition) is 8. The lowest BCUT2D eigenvalue weighted by molar-refractivity contribution is 0.469. The molecule has 204 valence electrons. The summed E-state index contributed by atoms with van der Waals surface area (Å²) in [7, 11) is 0. The number of para-hydroxylation sites is 1. The molecule has 3 aromatic heterocycles. The van der Waals surface area contributed by atoms with E-state index in [1.165, 1.54) is 30.2 Å². The van der Waals surface area contributed by atoms with Crippen molar-refractivity contribution in [2.45, 2.75) is 22.8 Å². The van der Waals surface area contributed by atoms with Crippen LogP contribution in [0.3, 0.4) is 0 Å². The van der Waals surface area contributed by atoms with Gasteiger partial charge in [0.15, 0.2) is 5.82 Å². The van der Waals surface area contributed by atoms with E-state index >= 15 is 0 Å². The molecular formula is C30H24FN7O2S. The zero-order valence-electron chi connectivity index (χ0n) is 21.8. The van der Waals surface area contributed by atoms with Gasteiger partial charge in [-0.2, -0.15) is 5.10 Å². The Morgan fingerprint density at radius 3 is 2.46 bits per heavy atom. The third kappa shape index (κ3) is 5.10. The fourth-order valence-electron chi connectivity index (χ4n) is 4.64. The lowest BCUT2D eigenvalue weighted by Gasteiger charge is -2.21. The first-order chi connectivity index (χ1) is 19.9. The molecule has 1 atom stereocenters. The van der Waals surface area contributed by atoms with Gasteiger partial charge in [-0.1, -0.05) is 48.2 Å². The number of nitrogens with one attached hydrogen (secondary N) is 1. The van der Waals surface area contributed by atoms with Gasteiger partial charge in [-0.25, -0.2) is 18.9 Å². The zero-order valence-corrected chi connectivity index (χ0v) is 22.6. The van der Waals surface area contributed by atoms with Crippen molar-refractivity contribution in [3.63, 3.8) is 0 Å². The Labute approximate surface area is 238 Å². The number of phenols is 1. The molecule has 0 radical (unpaired) electrons. The highest BCUT2D eigenvalue weighted by molar-refractivity contribution is 7.99. The highest BCUT2D eigenvalue weighted by Gasteiger charge is 2.23. The number of benzene rings is 3. The second-order valence-electron chi connectivity index (χ2n) is 9.27. The zero-order chi connectivity index (χ0) is 28.5. The molecule has 0 aliphatic heterocycles. The second kappa shape index (κ2) is 10.8. The number of hydrogen-bond donors (Lipinski definition) is 3. The van der Waals surface area contributed by atoms with Crippen LogP contribution in [0.25, 0.3) is 22.3 Å². The summed E-state index contributed by atoms with van der Waals surface area (Å²) in [5.74, 6) is -0.104. The van der Waals surface area contributed by atoms with Gasteiger partial charge >= 0.3 is 0 Å². The van der Waals surface area contributed by atoms with Gasteiger partial charge in [0.05, 0.1) is 17.3 Å². The fraction of sp³-hybridized carbons (Fsp3) is 0.0667. The molecule has 0 aliphatic rings. The molecule has 1 unspecified atom stereocenters. The van der Waals surface area contributed by atoms with Crippen molar-refractivity contribution >= 4 is 28.9 Å². The molecule has 6 rings (SSSR count). The third-order valence-corrected chi connectivity index (χ3v) is 7.51. The van der Waals surface area contributed by atoms with Gasteiger partial charge in [0, 0.05) is 22.1 Å². The number of fused-ring (bicyclic) bond motifs is 1. The summed E-state index contributed by atoms with van der Waals surface area (Å²) < 4.78 is 17.3. The standard InChI is InChI=1S/C30H24FN7O2S/c1-18(35-28-25(27(32)33-17-34-28)19-14-20(31)16-22(39)15-19)29-36-37-13-12-24(41-23-10-6-3-7-11-23)26(37)30(40)38(29)21-8-4-2-5-9-21/h2-18,39H,1H3,(H3,32,33,34,35). The summed E-state index contributed by atoms with van der Waals surface area (Å²) >= 11 is 1.49. The fourth-order valence-corrected chi connectivity index (χ4v) is 5.60. The van der Waals surface area contributed by atoms with Crippen molar-refractivity contribution in [1.29, 1.82) is 0 Å². The minimum absolute atomic E-state index is 0.0940. The Balaban J connectivity index is 1.48. The maximum absolute atomic E-state index is 14.2. The number of aromatic nitrogens is 5. The molecule has 4 N–H and O–H groups in total. The van der Waals surface area contributed by atoms with E-state index in [4.69, 9.17) is 10.8 Å². The third-order valence-electron chi connectivity index (χ3n) is 6.45. The van der Waals surface area contributed by atoms with Crippen LogP contribution < -0.4 is 16.6 Å². The smallest absolute Gasteiger partial charge is 0.283 e. The van der Waals surface area contributed by atoms with Crippen molar-refractivity contribution in [1.82, 2.24) is 24.1 Å². The first-order valence-electron chi connectivity index (χ1n) is 12.7. The van der Waals surface area contributed by atoms with Crippen LogP contribution in [0.1, 0.15) is 18.8 Å². The van der Waals surface area contributed by atoms with E-state index in [2.05, 4.69) is 15.3 Å². The predicted molar refractivity (Wildman–Crippen MR) is 157 cm³/mol. The molecule has 0 saturated carbocycles. The number of nitrogens with zero attached hydrogens (tertiary/aromatic N) is 5. The van der Waals surface area contributed by atoms with E-state index in [1.807, 2.05) is 73.7 Å². The minimum Gasteiger partial charge on any atom is -0.508 e. The van der Waals surface area contributed by atoms with Gasteiger partial charge < -0.3 is 16.2 Å². The number of nitrogen functional groups attached to an aromatic ring is 1. The summed E-state index contributed by atoms with van der Waals surface area (Å²) in [6, 6.07) is 24.0. The highest BCUT2D eigenvalue weighted by atomic mass is 32.2. The van der Waals surface area contributed by atoms with E-state index in [0.29, 0.717) is 28.2 Å². The first-order valence-corrected chi connectivity index (χ1v) is 13.5. The van der Waals surface area contributed by atoms with Crippen molar-refractivity contribution in [3.05, 3.63) is 119 Å². The quantitative estimate of drug-likeness (QED) is 0.226. The molecule has 0 spiro atoms. The summed E-state index contributed by atoms with van der Waals surface area (Å²) in [5.41, 5.74) is 7.64. The number of halogens is 1. The highest BCUT2D eigenvalue weighted by Crippen LogP contribution is 2.35. The van der Waals surface area contributed by atoms with Crippen LogP contribution >= 0.6 is 11.8 Å². The van der Waals surface area contributed by atoms with Crippen molar-refractivity contribution in [2.75, 3.05) is 11.1 Å². The average molecular weight is 566 g/mol. The van der Waals surface area contributed by atoms with Gasteiger partial charge in [-0.3, -0.25) is 9.36 Å². The largest absolute Gasteiger partial charge is 0.508 e. The Morgan fingerprint density at radius 2 is 1.73 bits per heavy atom. The molecule has 0 bridgehead atoms. The van der Waals surface area contributed by atoms with E-state index < -0.39 is 11.9 Å². The van der Waals surface area contributed by atoms with Crippen LogP contribution in [-0.4, -0.2) is 29.3 Å². The van der Waals surface area contributed by atoms with Crippen LogP contribution in [0.5, 0.6) is 5.75 Å². The number of phenolic OH excluding ortho intramolecular Hbond substituents is 1. The normalized spacial score (nSPS) is 12.0. The van der Waals surface area contributed by atoms with E-state index in [-0.39, 0.29) is 22.9 Å². The summed E-state index contributed by atoms with van der Waals surface area (Å²) in [4.78, 5) is 24.3. The molecule has 3 heterocycles. The monoisotopic (exact) mass is 565 g/mol. The van der Waals surface area contributed by atoms with Crippen LogP contribution in [0.2, 0.25) is 0 Å². The average Bonchev–Trinajstić information content (AvgIpc) is 3.36. The van der Waals surface area contributed by atoms with Gasteiger partial charge in [0.2, 0.25) is 0 Å². The van der Waals surface area contributed by atoms with Crippen LogP contribution in [0.4, 0.5) is 16.0 Å². The Hall–Kier alpha value is -5.16. The molecular weight excluding hydrogens is 541 g/mol. The van der Waals surface area contributed by atoms with Crippen LogP contribution in [0, 0.1) is 5.82 Å². The minimum atomic E-state index is -0.635. The number of anilines is 2. The van der Waals surface area contributed by atoms with Crippen LogP contribution in [-0.2, 0) is 0 Å². The van der Waals surface area contributed by atoms with E-state index in [1.54, 1.807) is 15.3 Å². The van der Waals surface area contributed by atoms with E-state index in [0.717, 1.165) is 15.9 Å². The SMILES string of the molecule is CC(Nc1ncnc(N)c1-c1cc(O)cc(F)c1)c1nn2ccc(Sc3ccccc3)c2c(=O)n1-c1ccccc1. The Morgan fingerprint density at radius 1 is 1.00 bits per heavy atom. The molecule has 0 amide bonds. The lowest BCUT2D eigenvalue weighted by atomic mass is 10.1. The summed E-state index contributed by atoms with van der Waals surface area (Å²) in [6.45, 7) is 1.83. The van der Waals surface area contributed by atoms with Gasteiger partial charge in [-0.05, 0) is 55.0 Å². The van der Waals surface area contributed by atoms with Crippen LogP contribution in [0.15, 0.2) is 112 Å².